The molecule has 0 aromatic carbocycles. The van der Waals surface area contributed by atoms with Crippen LogP contribution in [0.25, 0.3) is 0 Å². The standard InChI is InChI=1S/C15H29N/c1-11(2)15(6)14(5)10-13(4)12(3)8-9-16-7/h11-16H,10H2,1-7H3. The van der Waals surface area contributed by atoms with Crippen molar-refractivity contribution in [1.82, 2.24) is 5.32 Å². The lowest BCUT2D eigenvalue weighted by atomic mass is 9.78. The normalized spacial score (nSPS) is 18.2. The molecule has 0 fully saturated rings. The van der Waals surface area contributed by atoms with Gasteiger partial charge in [-0.15, -0.1) is 0 Å². The van der Waals surface area contributed by atoms with Gasteiger partial charge >= 0.3 is 0 Å². The van der Waals surface area contributed by atoms with Gasteiger partial charge in [-0.25, -0.2) is 0 Å². The molecule has 0 aliphatic heterocycles. The Morgan fingerprint density at radius 3 is 1.94 bits per heavy atom. The molecule has 0 aliphatic rings. The first-order chi connectivity index (χ1) is 7.40. The highest BCUT2D eigenvalue weighted by molar-refractivity contribution is 5.01. The zero-order valence-corrected chi connectivity index (χ0v) is 12.1. The summed E-state index contributed by atoms with van der Waals surface area (Å²) < 4.78 is 0. The summed E-state index contributed by atoms with van der Waals surface area (Å²) >= 11 is 0. The van der Waals surface area contributed by atoms with Crippen LogP contribution in [0.2, 0.25) is 0 Å². The van der Waals surface area contributed by atoms with E-state index in [1.165, 1.54) is 6.42 Å². The molecular formula is C15H29N. The lowest BCUT2D eigenvalue weighted by molar-refractivity contribution is 0.238. The van der Waals surface area contributed by atoms with Gasteiger partial charge in [0.25, 0.3) is 0 Å². The molecule has 0 radical (unpaired) electrons. The van der Waals surface area contributed by atoms with E-state index in [4.69, 9.17) is 0 Å². The number of hydrogen-bond donors (Lipinski definition) is 1. The molecule has 0 amide bonds. The molecule has 1 nitrogen and oxygen atoms in total. The Kier molecular flexibility index (Phi) is 7.30. The van der Waals surface area contributed by atoms with Crippen molar-refractivity contribution >= 4 is 0 Å². The Morgan fingerprint density at radius 1 is 0.938 bits per heavy atom. The summed E-state index contributed by atoms with van der Waals surface area (Å²) in [5, 5.41) is 2.89. The van der Waals surface area contributed by atoms with E-state index in [1.54, 1.807) is 0 Å². The van der Waals surface area contributed by atoms with Gasteiger partial charge < -0.3 is 5.32 Å². The molecule has 16 heavy (non-hydrogen) atoms. The van der Waals surface area contributed by atoms with Gasteiger partial charge in [0.15, 0.2) is 0 Å². The highest BCUT2D eigenvalue weighted by atomic mass is 14.8. The zero-order valence-electron chi connectivity index (χ0n) is 12.1. The molecule has 0 aromatic rings. The minimum absolute atomic E-state index is 0.481. The van der Waals surface area contributed by atoms with Crippen LogP contribution in [0, 0.1) is 41.6 Å². The maximum atomic E-state index is 3.24. The van der Waals surface area contributed by atoms with Crippen molar-refractivity contribution in [1.29, 1.82) is 0 Å². The molecule has 1 heteroatoms. The van der Waals surface area contributed by atoms with Gasteiger partial charge in [-0.05, 0) is 30.1 Å². The summed E-state index contributed by atoms with van der Waals surface area (Å²) in [5.41, 5.74) is 0. The number of hydrogen-bond acceptors (Lipinski definition) is 1. The van der Waals surface area contributed by atoms with Crippen LogP contribution >= 0.6 is 0 Å². The fourth-order valence-electron chi connectivity index (χ4n) is 1.99. The first kappa shape index (κ1) is 15.4. The second-order valence-corrected chi connectivity index (χ2v) is 5.60. The van der Waals surface area contributed by atoms with Crippen LogP contribution in [0.1, 0.15) is 48.0 Å². The Balaban J connectivity index is 4.17. The van der Waals surface area contributed by atoms with E-state index in [9.17, 15) is 0 Å². The van der Waals surface area contributed by atoms with E-state index in [-0.39, 0.29) is 0 Å². The van der Waals surface area contributed by atoms with Crippen LogP contribution in [0.3, 0.4) is 0 Å². The van der Waals surface area contributed by atoms with E-state index in [0.717, 1.165) is 17.8 Å². The predicted octanol–water partition coefficient (Wildman–Crippen LogP) is 3.76. The minimum atomic E-state index is 0.481. The molecule has 0 aromatic heterocycles. The second-order valence-electron chi connectivity index (χ2n) is 5.60. The molecular weight excluding hydrogens is 194 g/mol. The molecule has 94 valence electrons. The zero-order chi connectivity index (χ0) is 12.7. The van der Waals surface area contributed by atoms with Gasteiger partial charge in [-0.2, -0.15) is 0 Å². The van der Waals surface area contributed by atoms with Gasteiger partial charge in [0, 0.05) is 19.0 Å². The van der Waals surface area contributed by atoms with Crippen LogP contribution in [-0.4, -0.2) is 7.05 Å². The summed E-state index contributed by atoms with van der Waals surface area (Å²) in [6, 6.07) is 2.95. The van der Waals surface area contributed by atoms with E-state index < -0.39 is 0 Å². The summed E-state index contributed by atoms with van der Waals surface area (Å²) in [4.78, 5) is 0. The molecule has 0 heterocycles. The van der Waals surface area contributed by atoms with Crippen molar-refractivity contribution in [2.45, 2.75) is 48.0 Å². The Labute approximate surface area is 102 Å². The molecule has 0 saturated carbocycles. The fourth-order valence-corrected chi connectivity index (χ4v) is 1.99. The molecule has 4 atom stereocenters. The maximum Gasteiger partial charge on any atom is 0.0218 e. The quantitative estimate of drug-likeness (QED) is 0.553. The molecule has 0 spiro atoms. The molecule has 0 saturated heterocycles. The number of rotatable bonds is 5. The van der Waals surface area contributed by atoms with Crippen molar-refractivity contribution in [3.8, 4) is 12.0 Å². The van der Waals surface area contributed by atoms with Crippen LogP contribution in [0.5, 0.6) is 0 Å². The molecule has 4 unspecified atom stereocenters. The Hall–Kier alpha value is -0.640. The molecule has 0 aliphatic carbocycles. The minimum Gasteiger partial charge on any atom is -0.349 e. The van der Waals surface area contributed by atoms with E-state index in [0.29, 0.717) is 11.8 Å². The molecule has 0 bridgehead atoms. The predicted molar refractivity (Wildman–Crippen MR) is 72.9 cm³/mol. The van der Waals surface area contributed by atoms with Gasteiger partial charge in [-0.3, -0.25) is 0 Å². The molecule has 0 rings (SSSR count). The van der Waals surface area contributed by atoms with Crippen molar-refractivity contribution in [2.75, 3.05) is 7.05 Å². The molecule has 1 N–H and O–H groups in total. The average molecular weight is 223 g/mol. The van der Waals surface area contributed by atoms with Crippen LogP contribution in [-0.2, 0) is 0 Å². The van der Waals surface area contributed by atoms with Crippen LogP contribution in [0.4, 0.5) is 0 Å². The lowest BCUT2D eigenvalue weighted by Gasteiger charge is -2.27. The van der Waals surface area contributed by atoms with Gasteiger partial charge in [-0.1, -0.05) is 47.5 Å². The highest BCUT2D eigenvalue weighted by Gasteiger charge is 2.20. The Bertz CT molecular complexity index is 234. The van der Waals surface area contributed by atoms with E-state index in [2.05, 4.69) is 58.8 Å². The van der Waals surface area contributed by atoms with Gasteiger partial charge in [0.2, 0.25) is 0 Å². The monoisotopic (exact) mass is 223 g/mol. The summed E-state index contributed by atoms with van der Waals surface area (Å²) in [6.45, 7) is 13.9. The third-order valence-electron chi connectivity index (χ3n) is 3.97. The summed E-state index contributed by atoms with van der Waals surface area (Å²) in [6.07, 6.45) is 1.28. The first-order valence-electron chi connectivity index (χ1n) is 6.57. The van der Waals surface area contributed by atoms with E-state index in [1.807, 2.05) is 7.05 Å². The third kappa shape index (κ3) is 5.45. The van der Waals surface area contributed by atoms with Crippen LogP contribution < -0.4 is 5.32 Å². The first-order valence-corrected chi connectivity index (χ1v) is 6.57. The van der Waals surface area contributed by atoms with Gasteiger partial charge in [0.05, 0.1) is 0 Å². The largest absolute Gasteiger partial charge is 0.349 e. The maximum absolute atomic E-state index is 3.24. The van der Waals surface area contributed by atoms with Crippen molar-refractivity contribution in [2.24, 2.45) is 29.6 Å². The SMILES string of the molecule is CNC#CC(C)C(C)CC(C)C(C)C(C)C. The van der Waals surface area contributed by atoms with Gasteiger partial charge in [0.1, 0.15) is 0 Å². The lowest BCUT2D eigenvalue weighted by Crippen LogP contribution is -2.19. The van der Waals surface area contributed by atoms with Crippen LogP contribution in [0.15, 0.2) is 0 Å². The smallest absolute Gasteiger partial charge is 0.0218 e. The van der Waals surface area contributed by atoms with Crippen molar-refractivity contribution in [3.05, 3.63) is 0 Å². The van der Waals surface area contributed by atoms with Crippen molar-refractivity contribution in [3.63, 3.8) is 0 Å². The highest BCUT2D eigenvalue weighted by Crippen LogP contribution is 2.28. The van der Waals surface area contributed by atoms with E-state index >= 15 is 0 Å². The fraction of sp³-hybridized carbons (Fsp3) is 0.867. The average Bonchev–Trinajstić information content (AvgIpc) is 2.24. The second kappa shape index (κ2) is 7.60. The topological polar surface area (TPSA) is 12.0 Å². The third-order valence-corrected chi connectivity index (χ3v) is 3.97. The van der Waals surface area contributed by atoms with Crippen molar-refractivity contribution < 1.29 is 0 Å². The Morgan fingerprint density at radius 2 is 1.50 bits per heavy atom. The summed E-state index contributed by atoms with van der Waals surface area (Å²) in [7, 11) is 1.87. The number of nitrogens with one attached hydrogen (secondary N) is 1. The summed E-state index contributed by atoms with van der Waals surface area (Å²) in [5.74, 6) is 6.77.